The van der Waals surface area contributed by atoms with Gasteiger partial charge in [-0.15, -0.1) is 0 Å². The highest BCUT2D eigenvalue weighted by Crippen LogP contribution is 2.17. The molecule has 0 spiro atoms. The minimum Gasteiger partial charge on any atom is -0.441 e. The zero-order chi connectivity index (χ0) is 14.8. The second-order valence-electron chi connectivity index (χ2n) is 6.01. The Kier molecular flexibility index (Phi) is 7.34. The van der Waals surface area contributed by atoms with E-state index in [1.165, 1.54) is 64.2 Å². The Morgan fingerprint density at radius 3 is 2.10 bits per heavy atom. The zero-order valence-corrected chi connectivity index (χ0v) is 13.4. The molecule has 0 aliphatic rings. The van der Waals surface area contributed by atoms with Gasteiger partial charge in [-0.3, -0.25) is 0 Å². The van der Waals surface area contributed by atoms with Crippen LogP contribution in [0.5, 0.6) is 0 Å². The Bertz CT molecular complexity index is 470. The van der Waals surface area contributed by atoms with Gasteiger partial charge >= 0.3 is 0 Å². The molecule has 0 aliphatic heterocycles. The van der Waals surface area contributed by atoms with Crippen molar-refractivity contribution < 1.29 is 4.42 Å². The average molecular weight is 287 g/mol. The van der Waals surface area contributed by atoms with Crippen LogP contribution >= 0.6 is 0 Å². The Morgan fingerprint density at radius 2 is 1.43 bits per heavy atom. The van der Waals surface area contributed by atoms with E-state index < -0.39 is 0 Å². The molecular formula is C19H29NO. The molecule has 0 bridgehead atoms. The topological polar surface area (TPSA) is 26.0 Å². The highest BCUT2D eigenvalue weighted by Gasteiger charge is 2.04. The first-order valence-corrected chi connectivity index (χ1v) is 8.74. The zero-order valence-electron chi connectivity index (χ0n) is 13.4. The third kappa shape index (κ3) is 5.91. The van der Waals surface area contributed by atoms with Gasteiger partial charge in [-0.05, 0) is 18.6 Å². The predicted molar refractivity (Wildman–Crippen MR) is 89.6 cm³/mol. The van der Waals surface area contributed by atoms with Gasteiger partial charge in [-0.25, -0.2) is 4.98 Å². The van der Waals surface area contributed by atoms with Crippen molar-refractivity contribution in [1.29, 1.82) is 0 Å². The molecule has 0 saturated carbocycles. The fourth-order valence-corrected chi connectivity index (χ4v) is 2.79. The van der Waals surface area contributed by atoms with Crippen LogP contribution in [0.1, 0.15) is 77.0 Å². The first-order chi connectivity index (χ1) is 10.4. The molecule has 0 N–H and O–H groups in total. The van der Waals surface area contributed by atoms with Crippen LogP contribution in [0.15, 0.2) is 28.7 Å². The number of hydrogen-bond acceptors (Lipinski definition) is 2. The molecule has 1 aromatic heterocycles. The van der Waals surface area contributed by atoms with Gasteiger partial charge in [0.1, 0.15) is 5.52 Å². The van der Waals surface area contributed by atoms with Crippen LogP contribution in [-0.4, -0.2) is 4.98 Å². The molecule has 21 heavy (non-hydrogen) atoms. The highest BCUT2D eigenvalue weighted by molar-refractivity contribution is 5.72. The van der Waals surface area contributed by atoms with Crippen molar-refractivity contribution in [3.63, 3.8) is 0 Å². The molecule has 2 rings (SSSR count). The number of aryl methyl sites for hydroxylation is 1. The molecule has 0 saturated heterocycles. The fraction of sp³-hybridized carbons (Fsp3) is 0.632. The van der Waals surface area contributed by atoms with Crippen LogP contribution in [0.25, 0.3) is 11.1 Å². The van der Waals surface area contributed by atoms with Crippen LogP contribution in [0.2, 0.25) is 0 Å². The molecule has 2 aromatic rings. The van der Waals surface area contributed by atoms with Gasteiger partial charge in [0.05, 0.1) is 0 Å². The van der Waals surface area contributed by atoms with E-state index in [9.17, 15) is 0 Å². The van der Waals surface area contributed by atoms with Crippen molar-refractivity contribution in [2.45, 2.75) is 77.6 Å². The first kappa shape index (κ1) is 16.1. The number of nitrogens with zero attached hydrogens (tertiary/aromatic N) is 1. The number of para-hydroxylation sites is 2. The lowest BCUT2D eigenvalue weighted by molar-refractivity contribution is 0.501. The lowest BCUT2D eigenvalue weighted by atomic mass is 10.1. The summed E-state index contributed by atoms with van der Waals surface area (Å²) in [6.45, 7) is 2.27. The van der Waals surface area contributed by atoms with E-state index >= 15 is 0 Å². The summed E-state index contributed by atoms with van der Waals surface area (Å²) in [6, 6.07) is 8.01. The summed E-state index contributed by atoms with van der Waals surface area (Å²) in [6.07, 6.45) is 14.7. The number of oxazole rings is 1. The van der Waals surface area contributed by atoms with Crippen LogP contribution in [0.3, 0.4) is 0 Å². The molecular weight excluding hydrogens is 258 g/mol. The summed E-state index contributed by atoms with van der Waals surface area (Å²) in [5.41, 5.74) is 1.90. The van der Waals surface area contributed by atoms with Gasteiger partial charge in [0.25, 0.3) is 0 Å². The van der Waals surface area contributed by atoms with Crippen molar-refractivity contribution >= 4 is 11.1 Å². The molecule has 1 heterocycles. The average Bonchev–Trinajstić information content (AvgIpc) is 2.92. The molecule has 0 atom stereocenters. The van der Waals surface area contributed by atoms with Gasteiger partial charge < -0.3 is 4.42 Å². The smallest absolute Gasteiger partial charge is 0.195 e. The predicted octanol–water partition coefficient (Wildman–Crippen LogP) is 6.29. The lowest BCUT2D eigenvalue weighted by Crippen LogP contribution is -1.86. The number of hydrogen-bond donors (Lipinski definition) is 0. The maximum absolute atomic E-state index is 5.74. The maximum atomic E-state index is 5.74. The Labute approximate surface area is 129 Å². The van der Waals surface area contributed by atoms with Crippen molar-refractivity contribution in [2.75, 3.05) is 0 Å². The Hall–Kier alpha value is -1.31. The second-order valence-corrected chi connectivity index (χ2v) is 6.01. The van der Waals surface area contributed by atoms with E-state index in [2.05, 4.69) is 11.9 Å². The van der Waals surface area contributed by atoms with Gasteiger partial charge in [0, 0.05) is 6.42 Å². The summed E-state index contributed by atoms with van der Waals surface area (Å²) in [5.74, 6) is 0.899. The standard InChI is InChI=1S/C19H29NO/c1-2-3-4-5-6-7-8-9-10-11-16-19-20-17-14-12-13-15-18(17)21-19/h12-15H,2-11,16H2,1H3. The van der Waals surface area contributed by atoms with Crippen LogP contribution in [0.4, 0.5) is 0 Å². The molecule has 2 heteroatoms. The molecule has 1 aromatic carbocycles. The fourth-order valence-electron chi connectivity index (χ4n) is 2.79. The molecule has 0 fully saturated rings. The minimum absolute atomic E-state index is 0.899. The number of rotatable bonds is 11. The highest BCUT2D eigenvalue weighted by atomic mass is 16.3. The van der Waals surface area contributed by atoms with Crippen molar-refractivity contribution in [1.82, 2.24) is 4.98 Å². The van der Waals surface area contributed by atoms with E-state index in [0.717, 1.165) is 23.4 Å². The summed E-state index contributed by atoms with van der Waals surface area (Å²) < 4.78 is 5.74. The van der Waals surface area contributed by atoms with Gasteiger partial charge in [-0.1, -0.05) is 76.8 Å². The van der Waals surface area contributed by atoms with Gasteiger partial charge in [0.15, 0.2) is 11.5 Å². The molecule has 0 radical (unpaired) electrons. The largest absolute Gasteiger partial charge is 0.441 e. The van der Waals surface area contributed by atoms with E-state index in [-0.39, 0.29) is 0 Å². The monoisotopic (exact) mass is 287 g/mol. The Balaban J connectivity index is 1.50. The first-order valence-electron chi connectivity index (χ1n) is 8.74. The third-order valence-corrected chi connectivity index (χ3v) is 4.08. The normalized spacial score (nSPS) is 11.3. The quantitative estimate of drug-likeness (QED) is 0.454. The maximum Gasteiger partial charge on any atom is 0.195 e. The van der Waals surface area contributed by atoms with E-state index in [1.54, 1.807) is 0 Å². The summed E-state index contributed by atoms with van der Waals surface area (Å²) in [7, 11) is 0. The summed E-state index contributed by atoms with van der Waals surface area (Å²) >= 11 is 0. The minimum atomic E-state index is 0.899. The van der Waals surface area contributed by atoms with Crippen molar-refractivity contribution in [3.05, 3.63) is 30.2 Å². The van der Waals surface area contributed by atoms with Gasteiger partial charge in [0.2, 0.25) is 0 Å². The summed E-state index contributed by atoms with van der Waals surface area (Å²) in [5, 5.41) is 0. The van der Waals surface area contributed by atoms with Crippen LogP contribution in [-0.2, 0) is 6.42 Å². The van der Waals surface area contributed by atoms with E-state index in [4.69, 9.17) is 4.42 Å². The molecule has 0 unspecified atom stereocenters. The lowest BCUT2D eigenvalue weighted by Gasteiger charge is -2.01. The Morgan fingerprint density at radius 1 is 0.810 bits per heavy atom. The van der Waals surface area contributed by atoms with Crippen molar-refractivity contribution in [3.8, 4) is 0 Å². The second kappa shape index (κ2) is 9.59. The van der Waals surface area contributed by atoms with Crippen molar-refractivity contribution in [2.24, 2.45) is 0 Å². The molecule has 2 nitrogen and oxygen atoms in total. The number of benzene rings is 1. The SMILES string of the molecule is CCCCCCCCCCCCc1nc2ccccc2o1. The number of fused-ring (bicyclic) bond motifs is 1. The van der Waals surface area contributed by atoms with Crippen LogP contribution < -0.4 is 0 Å². The molecule has 116 valence electrons. The van der Waals surface area contributed by atoms with E-state index in [0.29, 0.717) is 0 Å². The molecule has 0 amide bonds. The number of aromatic nitrogens is 1. The third-order valence-electron chi connectivity index (χ3n) is 4.08. The number of unbranched alkanes of at least 4 members (excludes halogenated alkanes) is 9. The molecule has 0 aliphatic carbocycles. The summed E-state index contributed by atoms with van der Waals surface area (Å²) in [4.78, 5) is 4.52. The van der Waals surface area contributed by atoms with Crippen LogP contribution in [0, 0.1) is 0 Å². The van der Waals surface area contributed by atoms with E-state index in [1.807, 2.05) is 24.3 Å². The van der Waals surface area contributed by atoms with Gasteiger partial charge in [-0.2, -0.15) is 0 Å².